The molecular formula is C13H30ClNO. The second-order valence-electron chi connectivity index (χ2n) is 5.23. The van der Waals surface area contributed by atoms with Crippen LogP contribution in [0.1, 0.15) is 51.9 Å². The quantitative estimate of drug-likeness (QED) is 0.422. The van der Waals surface area contributed by atoms with Crippen molar-refractivity contribution in [1.29, 1.82) is 0 Å². The molecule has 0 amide bonds. The Balaban J connectivity index is 0. The molecule has 3 heteroatoms. The molecule has 0 heterocycles. The van der Waals surface area contributed by atoms with Gasteiger partial charge in [-0.05, 0) is 25.7 Å². The van der Waals surface area contributed by atoms with Crippen molar-refractivity contribution in [1.82, 2.24) is 0 Å². The number of quaternary nitrogens is 1. The zero-order valence-corrected chi connectivity index (χ0v) is 12.1. The summed E-state index contributed by atoms with van der Waals surface area (Å²) < 4.78 is 1.12. The Kier molecular flexibility index (Phi) is 13.6. The Morgan fingerprint density at radius 1 is 0.812 bits per heavy atom. The van der Waals surface area contributed by atoms with E-state index in [2.05, 4.69) is 21.0 Å². The molecule has 0 rings (SSSR count). The van der Waals surface area contributed by atoms with Gasteiger partial charge in [0, 0.05) is 6.61 Å². The molecule has 0 aromatic carbocycles. The largest absolute Gasteiger partial charge is 1.00 e. The number of unbranched alkanes of at least 4 members (excludes halogenated alkanes) is 5. The van der Waals surface area contributed by atoms with Crippen molar-refractivity contribution in [3.63, 3.8) is 0 Å². The average Bonchev–Trinajstić information content (AvgIpc) is 2.17. The summed E-state index contributed by atoms with van der Waals surface area (Å²) in [5, 5.41) is 8.73. The molecule has 16 heavy (non-hydrogen) atoms. The highest BCUT2D eigenvalue weighted by Gasteiger charge is 2.13. The highest BCUT2D eigenvalue weighted by molar-refractivity contribution is 4.44. The summed E-state index contributed by atoms with van der Waals surface area (Å²) in [5.74, 6) is 0. The molecule has 2 nitrogen and oxygen atoms in total. The van der Waals surface area contributed by atoms with E-state index in [0.717, 1.165) is 17.3 Å². The molecule has 0 atom stereocenters. The molecule has 0 radical (unpaired) electrons. The molecule has 0 aliphatic rings. The minimum Gasteiger partial charge on any atom is -1.00 e. The summed E-state index contributed by atoms with van der Waals surface area (Å²) >= 11 is 0. The Hall–Kier alpha value is 0.210. The first-order valence-electron chi connectivity index (χ1n) is 6.55. The van der Waals surface area contributed by atoms with Gasteiger partial charge in [0.1, 0.15) is 0 Å². The maximum atomic E-state index is 8.73. The highest BCUT2D eigenvalue weighted by Crippen LogP contribution is 2.08. The third-order valence-corrected chi connectivity index (χ3v) is 3.04. The van der Waals surface area contributed by atoms with E-state index in [9.17, 15) is 0 Å². The second kappa shape index (κ2) is 11.7. The van der Waals surface area contributed by atoms with Crippen molar-refractivity contribution in [2.45, 2.75) is 51.9 Å². The van der Waals surface area contributed by atoms with E-state index in [4.69, 9.17) is 5.11 Å². The lowest BCUT2D eigenvalue weighted by atomic mass is 10.1. The van der Waals surface area contributed by atoms with Gasteiger partial charge in [-0.15, -0.1) is 0 Å². The van der Waals surface area contributed by atoms with Crippen molar-refractivity contribution in [3.8, 4) is 0 Å². The normalized spacial score (nSPS) is 11.2. The summed E-state index contributed by atoms with van der Waals surface area (Å²) in [7, 11) is 4.61. The smallest absolute Gasteiger partial charge is 0.0783 e. The van der Waals surface area contributed by atoms with Crippen LogP contribution in [0.15, 0.2) is 0 Å². The van der Waals surface area contributed by atoms with Crippen molar-refractivity contribution >= 4 is 0 Å². The number of hydrogen-bond acceptors (Lipinski definition) is 1. The summed E-state index contributed by atoms with van der Waals surface area (Å²) in [6, 6.07) is 0. The van der Waals surface area contributed by atoms with Crippen LogP contribution in [0.3, 0.4) is 0 Å². The topological polar surface area (TPSA) is 20.2 Å². The molecule has 0 aliphatic carbocycles. The van der Waals surface area contributed by atoms with Crippen molar-refractivity contribution in [2.75, 3.05) is 33.8 Å². The Labute approximate surface area is 108 Å². The molecule has 0 aromatic rings. The summed E-state index contributed by atoms with van der Waals surface area (Å²) in [5.41, 5.74) is 0. The maximum Gasteiger partial charge on any atom is 0.0783 e. The van der Waals surface area contributed by atoms with Crippen LogP contribution in [0.5, 0.6) is 0 Å². The molecule has 1 N–H and O–H groups in total. The first-order valence-corrected chi connectivity index (χ1v) is 6.55. The van der Waals surface area contributed by atoms with Crippen LogP contribution in [-0.2, 0) is 0 Å². The van der Waals surface area contributed by atoms with E-state index in [1.807, 2.05) is 0 Å². The molecule has 0 fully saturated rings. The predicted molar refractivity (Wildman–Crippen MR) is 66.9 cm³/mol. The first-order chi connectivity index (χ1) is 7.12. The molecular weight excluding hydrogens is 222 g/mol. The second-order valence-corrected chi connectivity index (χ2v) is 5.23. The monoisotopic (exact) mass is 251 g/mol. The number of hydrogen-bond donors (Lipinski definition) is 1. The number of nitrogens with zero attached hydrogens (tertiary/aromatic N) is 1. The lowest BCUT2D eigenvalue weighted by Crippen LogP contribution is -3.00. The number of rotatable bonds is 10. The minimum atomic E-state index is 0. The van der Waals surface area contributed by atoms with Crippen LogP contribution < -0.4 is 12.4 Å². The number of aliphatic hydroxyl groups is 1. The van der Waals surface area contributed by atoms with E-state index < -0.39 is 0 Å². The van der Waals surface area contributed by atoms with Gasteiger partial charge in [-0.25, -0.2) is 0 Å². The van der Waals surface area contributed by atoms with Crippen LogP contribution in [0.2, 0.25) is 0 Å². The van der Waals surface area contributed by atoms with Gasteiger partial charge in [-0.1, -0.05) is 26.2 Å². The van der Waals surface area contributed by atoms with Crippen molar-refractivity contribution < 1.29 is 22.0 Å². The Morgan fingerprint density at radius 3 is 1.81 bits per heavy atom. The molecule has 0 aromatic heterocycles. The first kappa shape index (κ1) is 18.6. The lowest BCUT2D eigenvalue weighted by molar-refractivity contribution is -0.890. The molecule has 0 spiro atoms. The minimum absolute atomic E-state index is 0. The van der Waals surface area contributed by atoms with Gasteiger partial charge in [0.05, 0.1) is 27.2 Å². The van der Waals surface area contributed by atoms with Crippen LogP contribution in [-0.4, -0.2) is 43.4 Å². The molecule has 0 bridgehead atoms. The van der Waals surface area contributed by atoms with E-state index >= 15 is 0 Å². The fourth-order valence-electron chi connectivity index (χ4n) is 1.91. The van der Waals surface area contributed by atoms with E-state index in [0.29, 0.717) is 6.61 Å². The van der Waals surface area contributed by atoms with Crippen LogP contribution in [0, 0.1) is 0 Å². The lowest BCUT2D eigenvalue weighted by Gasteiger charge is -2.29. The SMILES string of the molecule is CCCCCCC[N+](C)(C)CCCCO.[Cl-]. The Morgan fingerprint density at radius 2 is 1.31 bits per heavy atom. The van der Waals surface area contributed by atoms with Gasteiger partial charge in [-0.3, -0.25) is 0 Å². The van der Waals surface area contributed by atoms with Gasteiger partial charge >= 0.3 is 0 Å². The van der Waals surface area contributed by atoms with Gasteiger partial charge < -0.3 is 22.0 Å². The van der Waals surface area contributed by atoms with Gasteiger partial charge in [0.25, 0.3) is 0 Å². The average molecular weight is 252 g/mol. The zero-order chi connectivity index (χ0) is 11.6. The molecule has 0 saturated carbocycles. The molecule has 0 saturated heterocycles. The van der Waals surface area contributed by atoms with Gasteiger partial charge in [-0.2, -0.15) is 0 Å². The zero-order valence-electron chi connectivity index (χ0n) is 11.3. The molecule has 0 unspecified atom stereocenters. The van der Waals surface area contributed by atoms with E-state index in [-0.39, 0.29) is 12.4 Å². The third kappa shape index (κ3) is 12.3. The maximum absolute atomic E-state index is 8.73. The standard InChI is InChI=1S/C13H30NO.ClH/c1-4-5-6-7-8-11-14(2,3)12-9-10-13-15;/h15H,4-13H2,1-3H3;1H/q+1;/p-1. The fraction of sp³-hybridized carbons (Fsp3) is 1.00. The number of halogens is 1. The van der Waals surface area contributed by atoms with Gasteiger partial charge in [0.2, 0.25) is 0 Å². The fourth-order valence-corrected chi connectivity index (χ4v) is 1.91. The van der Waals surface area contributed by atoms with Crippen LogP contribution >= 0.6 is 0 Å². The highest BCUT2D eigenvalue weighted by atomic mass is 35.5. The summed E-state index contributed by atoms with van der Waals surface area (Å²) in [6.45, 7) is 5.09. The van der Waals surface area contributed by atoms with Crippen LogP contribution in [0.25, 0.3) is 0 Å². The Bertz CT molecular complexity index is 140. The number of aliphatic hydroxyl groups excluding tert-OH is 1. The summed E-state index contributed by atoms with van der Waals surface area (Å²) in [6.07, 6.45) is 8.96. The van der Waals surface area contributed by atoms with E-state index in [1.165, 1.54) is 45.2 Å². The molecule has 100 valence electrons. The third-order valence-electron chi connectivity index (χ3n) is 3.04. The van der Waals surface area contributed by atoms with Gasteiger partial charge in [0.15, 0.2) is 0 Å². The predicted octanol–water partition coefficient (Wildman–Crippen LogP) is -0.190. The van der Waals surface area contributed by atoms with E-state index in [1.54, 1.807) is 0 Å². The van der Waals surface area contributed by atoms with Crippen molar-refractivity contribution in [3.05, 3.63) is 0 Å². The summed E-state index contributed by atoms with van der Waals surface area (Å²) in [4.78, 5) is 0. The van der Waals surface area contributed by atoms with Crippen LogP contribution in [0.4, 0.5) is 0 Å². The molecule has 0 aliphatic heterocycles. The van der Waals surface area contributed by atoms with Crippen molar-refractivity contribution in [2.24, 2.45) is 0 Å².